The average molecular weight is 202 g/mol. The molecule has 0 aromatic heterocycles. The van der Waals surface area contributed by atoms with Crippen LogP contribution in [0.5, 0.6) is 0 Å². The van der Waals surface area contributed by atoms with Crippen LogP contribution in [0, 0.1) is 0 Å². The molecule has 82 valence electrons. The molecule has 0 saturated carbocycles. The minimum atomic E-state index is -0.967. The Morgan fingerprint density at radius 1 is 1.50 bits per heavy atom. The van der Waals surface area contributed by atoms with Gasteiger partial charge in [0.2, 0.25) is 0 Å². The maximum Gasteiger partial charge on any atom is 0.332 e. The second kappa shape index (κ2) is 5.75. The summed E-state index contributed by atoms with van der Waals surface area (Å²) in [6.07, 6.45) is 1.30. The summed E-state index contributed by atoms with van der Waals surface area (Å²) < 4.78 is 5.33. The van der Waals surface area contributed by atoms with Gasteiger partial charge in [0.05, 0.1) is 5.60 Å². The maximum atomic E-state index is 10.8. The summed E-state index contributed by atoms with van der Waals surface area (Å²) in [5.74, 6) is -0.967. The van der Waals surface area contributed by atoms with Crippen LogP contribution in [0.4, 0.5) is 0 Å². The van der Waals surface area contributed by atoms with Crippen molar-refractivity contribution < 1.29 is 19.4 Å². The van der Waals surface area contributed by atoms with Gasteiger partial charge in [-0.1, -0.05) is 0 Å². The highest BCUT2D eigenvalue weighted by atomic mass is 16.5. The van der Waals surface area contributed by atoms with Gasteiger partial charge in [-0.2, -0.15) is 0 Å². The number of carbonyl (C=O) groups excluding carboxylic acids is 1. The number of carbonyl (C=O) groups is 2. The van der Waals surface area contributed by atoms with Crippen molar-refractivity contribution in [2.24, 2.45) is 0 Å². The zero-order valence-corrected chi connectivity index (χ0v) is 8.95. The molecule has 0 aromatic carbocycles. The Labute approximate surface area is 84.3 Å². The van der Waals surface area contributed by atoms with Crippen LogP contribution in [0.2, 0.25) is 0 Å². The topological polar surface area (TPSA) is 63.6 Å². The van der Waals surface area contributed by atoms with E-state index >= 15 is 0 Å². The molecule has 1 unspecified atom stereocenters. The van der Waals surface area contributed by atoms with Crippen LogP contribution in [-0.4, -0.2) is 29.1 Å². The minimum absolute atomic E-state index is 0.380. The van der Waals surface area contributed by atoms with Gasteiger partial charge in [-0.25, -0.2) is 4.79 Å². The molecule has 0 aliphatic heterocycles. The van der Waals surface area contributed by atoms with E-state index in [-0.39, 0.29) is 0 Å². The van der Waals surface area contributed by atoms with E-state index in [1.54, 1.807) is 0 Å². The first-order valence-electron chi connectivity index (χ1n) is 4.71. The lowest BCUT2D eigenvalue weighted by Crippen LogP contribution is -2.33. The van der Waals surface area contributed by atoms with Gasteiger partial charge in [0.1, 0.15) is 6.29 Å². The molecule has 0 saturated heterocycles. The highest BCUT2D eigenvalue weighted by Crippen LogP contribution is 2.15. The Bertz CT molecular complexity index is 193. The zero-order chi connectivity index (χ0) is 11.2. The molecular weight excluding hydrogens is 184 g/mol. The number of carboxylic acids is 1. The first-order chi connectivity index (χ1) is 6.37. The normalized spacial score (nSPS) is 13.6. The first kappa shape index (κ1) is 13.1. The quantitative estimate of drug-likeness (QED) is 0.525. The Hall–Kier alpha value is -0.900. The zero-order valence-electron chi connectivity index (χ0n) is 8.95. The first-order valence-corrected chi connectivity index (χ1v) is 4.71. The van der Waals surface area contributed by atoms with E-state index in [1.165, 1.54) is 0 Å². The van der Waals surface area contributed by atoms with E-state index < -0.39 is 17.7 Å². The van der Waals surface area contributed by atoms with Gasteiger partial charge in [0.25, 0.3) is 0 Å². The Morgan fingerprint density at radius 3 is 2.43 bits per heavy atom. The smallest absolute Gasteiger partial charge is 0.332 e. The molecule has 0 aliphatic rings. The molecule has 0 rings (SSSR count). The number of unbranched alkanes of at least 4 members (excludes halogenated alkanes) is 1. The van der Waals surface area contributed by atoms with Crippen molar-refractivity contribution >= 4 is 12.3 Å². The van der Waals surface area contributed by atoms with Gasteiger partial charge in [-0.3, -0.25) is 0 Å². The molecule has 0 aromatic rings. The molecule has 1 N–H and O–H groups in total. The van der Waals surface area contributed by atoms with E-state index in [1.807, 2.05) is 20.8 Å². The Balaban J connectivity index is 4.03. The van der Waals surface area contributed by atoms with Crippen LogP contribution in [0.15, 0.2) is 0 Å². The summed E-state index contributed by atoms with van der Waals surface area (Å²) in [5.41, 5.74) is -0.468. The summed E-state index contributed by atoms with van der Waals surface area (Å²) in [6.45, 7) is 5.42. The summed E-state index contributed by atoms with van der Waals surface area (Å²) >= 11 is 0. The standard InChI is InChI=1S/C10H18O4/c1-10(2,3)14-8(9(12)13)6-4-5-7-11/h7-8H,4-6H2,1-3H3,(H,12,13). The van der Waals surface area contributed by atoms with Crippen LogP contribution in [-0.2, 0) is 14.3 Å². The number of hydrogen-bond acceptors (Lipinski definition) is 3. The van der Waals surface area contributed by atoms with Gasteiger partial charge in [-0.15, -0.1) is 0 Å². The van der Waals surface area contributed by atoms with E-state index in [9.17, 15) is 9.59 Å². The van der Waals surface area contributed by atoms with Crippen molar-refractivity contribution in [2.75, 3.05) is 0 Å². The Kier molecular flexibility index (Phi) is 5.38. The molecule has 4 heteroatoms. The third kappa shape index (κ3) is 6.60. The van der Waals surface area contributed by atoms with Crippen molar-refractivity contribution in [3.8, 4) is 0 Å². The van der Waals surface area contributed by atoms with E-state index in [0.29, 0.717) is 19.3 Å². The van der Waals surface area contributed by atoms with E-state index in [2.05, 4.69) is 0 Å². The Morgan fingerprint density at radius 2 is 2.07 bits per heavy atom. The summed E-state index contributed by atoms with van der Waals surface area (Å²) in [5, 5.41) is 8.82. The molecule has 0 aliphatic carbocycles. The summed E-state index contributed by atoms with van der Waals surface area (Å²) in [4.78, 5) is 20.8. The van der Waals surface area contributed by atoms with E-state index in [0.717, 1.165) is 6.29 Å². The van der Waals surface area contributed by atoms with Gasteiger partial charge < -0.3 is 14.6 Å². The van der Waals surface area contributed by atoms with Crippen molar-refractivity contribution in [3.05, 3.63) is 0 Å². The lowest BCUT2D eigenvalue weighted by atomic mass is 10.1. The molecule has 0 radical (unpaired) electrons. The van der Waals surface area contributed by atoms with Crippen LogP contribution >= 0.6 is 0 Å². The van der Waals surface area contributed by atoms with Crippen LogP contribution < -0.4 is 0 Å². The predicted octanol–water partition coefficient (Wildman–Crippen LogP) is 1.62. The molecule has 0 fully saturated rings. The number of hydrogen-bond donors (Lipinski definition) is 1. The molecule has 0 heterocycles. The van der Waals surface area contributed by atoms with Crippen LogP contribution in [0.25, 0.3) is 0 Å². The molecule has 0 spiro atoms. The molecule has 4 nitrogen and oxygen atoms in total. The fourth-order valence-electron chi connectivity index (χ4n) is 1.05. The number of ether oxygens (including phenoxy) is 1. The van der Waals surface area contributed by atoms with Crippen molar-refractivity contribution in [3.63, 3.8) is 0 Å². The predicted molar refractivity (Wildman–Crippen MR) is 52.2 cm³/mol. The van der Waals surface area contributed by atoms with Crippen LogP contribution in [0.3, 0.4) is 0 Å². The third-order valence-electron chi connectivity index (χ3n) is 1.56. The second-order valence-electron chi connectivity index (χ2n) is 4.15. The average Bonchev–Trinajstić information content (AvgIpc) is 2.00. The van der Waals surface area contributed by atoms with Gasteiger partial charge in [-0.05, 0) is 33.6 Å². The molecular formula is C10H18O4. The molecule has 14 heavy (non-hydrogen) atoms. The lowest BCUT2D eigenvalue weighted by Gasteiger charge is -2.24. The second-order valence-corrected chi connectivity index (χ2v) is 4.15. The number of carboxylic acid groups (broad SMARTS) is 1. The SMILES string of the molecule is CC(C)(C)OC(CCCC=O)C(=O)O. The van der Waals surface area contributed by atoms with Gasteiger partial charge in [0.15, 0.2) is 6.10 Å². The fraction of sp³-hybridized carbons (Fsp3) is 0.800. The van der Waals surface area contributed by atoms with Gasteiger partial charge >= 0.3 is 5.97 Å². The highest BCUT2D eigenvalue weighted by molar-refractivity contribution is 5.72. The van der Waals surface area contributed by atoms with Crippen LogP contribution in [0.1, 0.15) is 40.0 Å². The molecule has 1 atom stereocenters. The number of rotatable bonds is 6. The maximum absolute atomic E-state index is 10.8. The van der Waals surface area contributed by atoms with Crippen molar-refractivity contribution in [1.82, 2.24) is 0 Å². The molecule has 0 bridgehead atoms. The van der Waals surface area contributed by atoms with E-state index in [4.69, 9.17) is 9.84 Å². The van der Waals surface area contributed by atoms with Crippen molar-refractivity contribution in [2.45, 2.75) is 51.7 Å². The van der Waals surface area contributed by atoms with Crippen molar-refractivity contribution in [1.29, 1.82) is 0 Å². The molecule has 0 amide bonds. The lowest BCUT2D eigenvalue weighted by molar-refractivity contribution is -0.160. The third-order valence-corrected chi connectivity index (χ3v) is 1.56. The number of aliphatic carboxylic acids is 1. The number of aldehydes is 1. The summed E-state index contributed by atoms with van der Waals surface area (Å²) in [6, 6.07) is 0. The highest BCUT2D eigenvalue weighted by Gasteiger charge is 2.24. The monoisotopic (exact) mass is 202 g/mol. The van der Waals surface area contributed by atoms with Gasteiger partial charge in [0, 0.05) is 6.42 Å². The summed E-state index contributed by atoms with van der Waals surface area (Å²) in [7, 11) is 0. The minimum Gasteiger partial charge on any atom is -0.479 e. The fourth-order valence-corrected chi connectivity index (χ4v) is 1.05. The largest absolute Gasteiger partial charge is 0.479 e.